The Kier molecular flexibility index (Phi) is 9.39. The van der Waals surface area contributed by atoms with E-state index in [9.17, 15) is 4.79 Å². The summed E-state index contributed by atoms with van der Waals surface area (Å²) in [7, 11) is 0. The summed E-state index contributed by atoms with van der Waals surface area (Å²) < 4.78 is 0. The number of hydrogen-bond acceptors (Lipinski definition) is 2. The molecule has 1 aromatic carbocycles. The fourth-order valence-corrected chi connectivity index (χ4v) is 2.63. The molecule has 0 spiro atoms. The van der Waals surface area contributed by atoms with E-state index < -0.39 is 0 Å². The van der Waals surface area contributed by atoms with Crippen LogP contribution in [-0.2, 0) is 10.2 Å². The standard InChI is InChI=1S/C20H32N4O.HI/c1-5-21-19(23-12-11-22-18(25)16-9-10-16)24-14-20(3,4)17-8-6-7-15(2)13-17;/h6-8,13,16H,5,9-12,14H2,1-4H3,(H,22,25)(H2,21,23,24);1H. The van der Waals surface area contributed by atoms with Gasteiger partial charge in [-0.3, -0.25) is 9.79 Å². The third-order valence-corrected chi connectivity index (χ3v) is 4.44. The predicted octanol–water partition coefficient (Wildman–Crippen LogP) is 2.97. The number of hydrogen-bond donors (Lipinski definition) is 3. The highest BCUT2D eigenvalue weighted by atomic mass is 127. The molecule has 1 aromatic rings. The molecule has 26 heavy (non-hydrogen) atoms. The van der Waals surface area contributed by atoms with Crippen LogP contribution in [0.1, 0.15) is 44.7 Å². The molecular weight excluding hydrogens is 439 g/mol. The SMILES string of the molecule is CCNC(=NCC(C)(C)c1cccc(C)c1)NCCNC(=O)C1CC1.I. The average Bonchev–Trinajstić information content (AvgIpc) is 3.41. The molecular formula is C20H33IN4O. The number of aliphatic imine (C=N–C) groups is 1. The van der Waals surface area contributed by atoms with Gasteiger partial charge in [0.05, 0.1) is 6.54 Å². The minimum absolute atomic E-state index is 0. The fraction of sp³-hybridized carbons (Fsp3) is 0.600. The Morgan fingerprint density at radius 2 is 1.88 bits per heavy atom. The molecule has 3 N–H and O–H groups in total. The number of nitrogens with zero attached hydrogens (tertiary/aromatic N) is 1. The lowest BCUT2D eigenvalue weighted by molar-refractivity contribution is -0.122. The van der Waals surface area contributed by atoms with E-state index in [0.717, 1.165) is 25.3 Å². The molecule has 0 bridgehead atoms. The van der Waals surface area contributed by atoms with Crippen molar-refractivity contribution < 1.29 is 4.79 Å². The third kappa shape index (κ3) is 7.51. The van der Waals surface area contributed by atoms with Crippen molar-refractivity contribution in [3.05, 3.63) is 35.4 Å². The van der Waals surface area contributed by atoms with E-state index in [1.807, 2.05) is 0 Å². The molecule has 0 unspecified atom stereocenters. The maximum atomic E-state index is 11.6. The van der Waals surface area contributed by atoms with Crippen LogP contribution in [0.3, 0.4) is 0 Å². The van der Waals surface area contributed by atoms with Gasteiger partial charge in [0.25, 0.3) is 0 Å². The molecule has 0 saturated heterocycles. The second kappa shape index (κ2) is 10.7. The number of aryl methyl sites for hydroxylation is 1. The van der Waals surface area contributed by atoms with Crippen LogP contribution in [-0.4, -0.2) is 38.0 Å². The minimum atomic E-state index is -0.0332. The summed E-state index contributed by atoms with van der Waals surface area (Å²) >= 11 is 0. The summed E-state index contributed by atoms with van der Waals surface area (Å²) in [6.07, 6.45) is 2.08. The zero-order valence-electron chi connectivity index (χ0n) is 16.4. The molecule has 1 amide bonds. The van der Waals surface area contributed by atoms with Crippen LogP contribution in [0.15, 0.2) is 29.3 Å². The molecule has 1 aliphatic carbocycles. The van der Waals surface area contributed by atoms with Crippen LogP contribution in [0.4, 0.5) is 0 Å². The van der Waals surface area contributed by atoms with Crippen LogP contribution in [0, 0.1) is 12.8 Å². The smallest absolute Gasteiger partial charge is 0.223 e. The molecule has 146 valence electrons. The molecule has 6 heteroatoms. The zero-order chi connectivity index (χ0) is 18.3. The van der Waals surface area contributed by atoms with Crippen LogP contribution in [0.2, 0.25) is 0 Å². The number of halogens is 1. The first-order chi connectivity index (χ1) is 11.9. The second-order valence-corrected chi connectivity index (χ2v) is 7.44. The topological polar surface area (TPSA) is 65.5 Å². The normalized spacial score (nSPS) is 14.4. The Balaban J connectivity index is 0.00000338. The number of carbonyl (C=O) groups excluding carboxylic acids is 1. The molecule has 5 nitrogen and oxygen atoms in total. The van der Waals surface area contributed by atoms with Crippen molar-refractivity contribution in [1.29, 1.82) is 0 Å². The van der Waals surface area contributed by atoms with Crippen LogP contribution >= 0.6 is 24.0 Å². The molecule has 1 saturated carbocycles. The van der Waals surface area contributed by atoms with Gasteiger partial charge in [-0.15, -0.1) is 24.0 Å². The highest BCUT2D eigenvalue weighted by Gasteiger charge is 2.29. The van der Waals surface area contributed by atoms with Crippen LogP contribution < -0.4 is 16.0 Å². The first-order valence-corrected chi connectivity index (χ1v) is 9.29. The van der Waals surface area contributed by atoms with Gasteiger partial charge in [-0.05, 0) is 32.3 Å². The van der Waals surface area contributed by atoms with E-state index >= 15 is 0 Å². The largest absolute Gasteiger partial charge is 0.357 e. The van der Waals surface area contributed by atoms with Gasteiger partial charge < -0.3 is 16.0 Å². The predicted molar refractivity (Wildman–Crippen MR) is 119 cm³/mol. The maximum absolute atomic E-state index is 11.6. The Hall–Kier alpha value is -1.31. The fourth-order valence-electron chi connectivity index (χ4n) is 2.63. The van der Waals surface area contributed by atoms with Gasteiger partial charge in [-0.25, -0.2) is 0 Å². The van der Waals surface area contributed by atoms with Gasteiger partial charge in [0.15, 0.2) is 5.96 Å². The average molecular weight is 472 g/mol. The minimum Gasteiger partial charge on any atom is -0.357 e. The third-order valence-electron chi connectivity index (χ3n) is 4.44. The number of guanidine groups is 1. The van der Waals surface area contributed by atoms with E-state index in [2.05, 4.69) is 67.9 Å². The summed E-state index contributed by atoms with van der Waals surface area (Å²) in [5, 5.41) is 9.52. The van der Waals surface area contributed by atoms with Gasteiger partial charge in [0.1, 0.15) is 0 Å². The number of rotatable bonds is 8. The van der Waals surface area contributed by atoms with Crippen LogP contribution in [0.5, 0.6) is 0 Å². The van der Waals surface area contributed by atoms with Crippen molar-refractivity contribution in [3.63, 3.8) is 0 Å². The molecule has 2 rings (SSSR count). The Morgan fingerprint density at radius 3 is 2.50 bits per heavy atom. The van der Waals surface area contributed by atoms with Gasteiger partial charge in [0, 0.05) is 31.0 Å². The highest BCUT2D eigenvalue weighted by molar-refractivity contribution is 14.0. The molecule has 0 heterocycles. The van der Waals surface area contributed by atoms with Crippen molar-refractivity contribution in [2.45, 2.75) is 46.0 Å². The van der Waals surface area contributed by atoms with E-state index in [1.54, 1.807) is 0 Å². The van der Waals surface area contributed by atoms with E-state index in [4.69, 9.17) is 4.99 Å². The van der Waals surface area contributed by atoms with Gasteiger partial charge in [0.2, 0.25) is 5.91 Å². The van der Waals surface area contributed by atoms with Gasteiger partial charge in [-0.2, -0.15) is 0 Å². The summed E-state index contributed by atoms with van der Waals surface area (Å²) in [5.74, 6) is 1.24. The molecule has 0 aromatic heterocycles. The molecule has 1 fully saturated rings. The molecule has 0 atom stereocenters. The van der Waals surface area contributed by atoms with E-state index in [0.29, 0.717) is 19.6 Å². The Bertz CT molecular complexity index is 612. The summed E-state index contributed by atoms with van der Waals surface area (Å²) in [6.45, 7) is 11.4. The van der Waals surface area contributed by atoms with Crippen molar-refractivity contribution >= 4 is 35.8 Å². The summed E-state index contributed by atoms with van der Waals surface area (Å²) in [5.41, 5.74) is 2.53. The van der Waals surface area contributed by atoms with Crippen LogP contribution in [0.25, 0.3) is 0 Å². The van der Waals surface area contributed by atoms with E-state index in [1.165, 1.54) is 11.1 Å². The van der Waals surface area contributed by atoms with Crippen molar-refractivity contribution in [1.82, 2.24) is 16.0 Å². The number of nitrogens with one attached hydrogen (secondary N) is 3. The lowest BCUT2D eigenvalue weighted by Gasteiger charge is -2.24. The quantitative estimate of drug-likeness (QED) is 0.236. The zero-order valence-corrected chi connectivity index (χ0v) is 18.7. The van der Waals surface area contributed by atoms with Gasteiger partial charge >= 0.3 is 0 Å². The van der Waals surface area contributed by atoms with E-state index in [-0.39, 0.29) is 41.2 Å². The Labute approximate surface area is 174 Å². The molecule has 0 aliphatic heterocycles. The Morgan fingerprint density at radius 1 is 1.19 bits per heavy atom. The van der Waals surface area contributed by atoms with Crippen molar-refractivity contribution in [2.24, 2.45) is 10.9 Å². The summed E-state index contributed by atoms with van der Waals surface area (Å²) in [6, 6.07) is 8.60. The lowest BCUT2D eigenvalue weighted by atomic mass is 9.84. The highest BCUT2D eigenvalue weighted by Crippen LogP contribution is 2.28. The molecule has 1 aliphatic rings. The first-order valence-electron chi connectivity index (χ1n) is 9.29. The summed E-state index contributed by atoms with van der Waals surface area (Å²) in [4.78, 5) is 16.4. The first kappa shape index (κ1) is 22.7. The second-order valence-electron chi connectivity index (χ2n) is 7.44. The number of carbonyl (C=O) groups is 1. The van der Waals surface area contributed by atoms with Crippen molar-refractivity contribution in [2.75, 3.05) is 26.2 Å². The lowest BCUT2D eigenvalue weighted by Crippen LogP contribution is -2.42. The maximum Gasteiger partial charge on any atom is 0.223 e. The number of amides is 1. The van der Waals surface area contributed by atoms with Gasteiger partial charge in [-0.1, -0.05) is 43.7 Å². The number of benzene rings is 1. The molecule has 0 radical (unpaired) electrons. The monoisotopic (exact) mass is 472 g/mol. The van der Waals surface area contributed by atoms with Crippen molar-refractivity contribution in [3.8, 4) is 0 Å².